The number of para-hydroxylation sites is 1. The van der Waals surface area contributed by atoms with E-state index >= 15 is 0 Å². The molecule has 0 aliphatic carbocycles. The number of fused-ring (bicyclic) bond motifs is 2. The van der Waals surface area contributed by atoms with Crippen molar-refractivity contribution in [3.63, 3.8) is 0 Å². The minimum absolute atomic E-state index is 0.0828. The summed E-state index contributed by atoms with van der Waals surface area (Å²) in [7, 11) is 0. The third-order valence-electron chi connectivity index (χ3n) is 5.13. The SMILES string of the molecule is O=C(CCc1cc2ccc(F)cc2[nH]c1=O)NCC(=O)N1CCc2ccccc21. The highest BCUT2D eigenvalue weighted by atomic mass is 19.1. The van der Waals surface area contributed by atoms with Crippen LogP contribution in [0.2, 0.25) is 0 Å². The number of halogens is 1. The highest BCUT2D eigenvalue weighted by molar-refractivity contribution is 5.98. The molecule has 29 heavy (non-hydrogen) atoms. The van der Waals surface area contributed by atoms with E-state index in [-0.39, 0.29) is 36.8 Å². The van der Waals surface area contributed by atoms with Gasteiger partial charge in [0.05, 0.1) is 12.1 Å². The fraction of sp³-hybridized carbons (Fsp3) is 0.227. The standard InChI is InChI=1S/C22H20FN3O3/c23-17-7-5-15-11-16(22(29)25-18(15)12-17)6-8-20(27)24-13-21(28)26-10-9-14-3-1-2-4-19(14)26/h1-5,7,11-12H,6,8-10,13H2,(H,24,27)(H,25,29). The lowest BCUT2D eigenvalue weighted by molar-refractivity contribution is -0.124. The summed E-state index contributed by atoms with van der Waals surface area (Å²) in [6.45, 7) is 0.529. The molecule has 0 spiro atoms. The number of aromatic amines is 1. The number of H-pyrrole nitrogens is 1. The molecule has 148 valence electrons. The number of hydrogen-bond donors (Lipinski definition) is 2. The van der Waals surface area contributed by atoms with E-state index in [1.54, 1.807) is 17.0 Å². The normalized spacial score (nSPS) is 12.8. The van der Waals surface area contributed by atoms with Crippen LogP contribution in [-0.2, 0) is 22.4 Å². The van der Waals surface area contributed by atoms with E-state index in [2.05, 4.69) is 10.3 Å². The monoisotopic (exact) mass is 393 g/mol. The number of nitrogens with zero attached hydrogens (tertiary/aromatic N) is 1. The Bertz CT molecular complexity index is 1160. The fourth-order valence-electron chi connectivity index (χ4n) is 3.61. The van der Waals surface area contributed by atoms with Crippen LogP contribution in [0, 0.1) is 5.82 Å². The number of carbonyl (C=O) groups is 2. The first kappa shape index (κ1) is 18.9. The molecule has 0 fully saturated rings. The van der Waals surface area contributed by atoms with Gasteiger partial charge in [-0.2, -0.15) is 0 Å². The summed E-state index contributed by atoms with van der Waals surface area (Å²) in [6, 6.07) is 13.5. The van der Waals surface area contributed by atoms with Gasteiger partial charge in [0.25, 0.3) is 5.56 Å². The molecule has 1 aliphatic heterocycles. The minimum atomic E-state index is -0.425. The first-order valence-electron chi connectivity index (χ1n) is 9.48. The fourth-order valence-corrected chi connectivity index (χ4v) is 3.61. The first-order chi connectivity index (χ1) is 14.0. The number of anilines is 1. The lowest BCUT2D eigenvalue weighted by Gasteiger charge is -2.17. The number of nitrogens with one attached hydrogen (secondary N) is 2. The van der Waals surface area contributed by atoms with Gasteiger partial charge in [0, 0.05) is 24.2 Å². The summed E-state index contributed by atoms with van der Waals surface area (Å²) in [5.74, 6) is -0.885. The van der Waals surface area contributed by atoms with Gasteiger partial charge in [-0.3, -0.25) is 14.4 Å². The topological polar surface area (TPSA) is 82.3 Å². The quantitative estimate of drug-likeness (QED) is 0.698. The van der Waals surface area contributed by atoms with E-state index in [9.17, 15) is 18.8 Å². The second kappa shape index (κ2) is 7.87. The van der Waals surface area contributed by atoms with Crippen molar-refractivity contribution in [3.8, 4) is 0 Å². The Morgan fingerprint density at radius 3 is 2.83 bits per heavy atom. The number of amides is 2. The molecule has 7 heteroatoms. The molecule has 0 unspecified atom stereocenters. The number of carbonyl (C=O) groups excluding carboxylic acids is 2. The molecule has 0 atom stereocenters. The van der Waals surface area contributed by atoms with E-state index in [1.165, 1.54) is 12.1 Å². The molecule has 1 aliphatic rings. The van der Waals surface area contributed by atoms with Crippen LogP contribution in [0.3, 0.4) is 0 Å². The van der Waals surface area contributed by atoms with Gasteiger partial charge in [-0.05, 0) is 54.1 Å². The Morgan fingerprint density at radius 1 is 1.14 bits per heavy atom. The Balaban J connectivity index is 1.33. The predicted molar refractivity (Wildman–Crippen MR) is 108 cm³/mol. The maximum Gasteiger partial charge on any atom is 0.251 e. The van der Waals surface area contributed by atoms with Crippen molar-refractivity contribution in [1.82, 2.24) is 10.3 Å². The molecule has 4 rings (SSSR count). The third-order valence-corrected chi connectivity index (χ3v) is 5.13. The van der Waals surface area contributed by atoms with Gasteiger partial charge >= 0.3 is 0 Å². The zero-order valence-corrected chi connectivity index (χ0v) is 15.7. The van der Waals surface area contributed by atoms with Crippen molar-refractivity contribution in [2.75, 3.05) is 18.0 Å². The van der Waals surface area contributed by atoms with Crippen molar-refractivity contribution >= 4 is 28.4 Å². The molecule has 0 radical (unpaired) electrons. The molecule has 0 saturated carbocycles. The van der Waals surface area contributed by atoms with Gasteiger partial charge < -0.3 is 15.2 Å². The van der Waals surface area contributed by atoms with Crippen molar-refractivity contribution in [3.05, 3.63) is 75.8 Å². The largest absolute Gasteiger partial charge is 0.347 e. The number of aryl methyl sites for hydroxylation is 1. The van der Waals surface area contributed by atoms with E-state index in [0.29, 0.717) is 23.0 Å². The van der Waals surface area contributed by atoms with Crippen LogP contribution < -0.4 is 15.8 Å². The Labute approximate surface area is 166 Å². The molecule has 3 aromatic rings. The lowest BCUT2D eigenvalue weighted by atomic mass is 10.1. The Morgan fingerprint density at radius 2 is 1.97 bits per heavy atom. The van der Waals surface area contributed by atoms with Gasteiger partial charge in [0.2, 0.25) is 11.8 Å². The van der Waals surface area contributed by atoms with E-state index in [1.807, 2.05) is 24.3 Å². The third kappa shape index (κ3) is 4.03. The summed E-state index contributed by atoms with van der Waals surface area (Å²) < 4.78 is 13.3. The van der Waals surface area contributed by atoms with Crippen molar-refractivity contribution in [1.29, 1.82) is 0 Å². The van der Waals surface area contributed by atoms with Gasteiger partial charge in [-0.1, -0.05) is 18.2 Å². The summed E-state index contributed by atoms with van der Waals surface area (Å²) in [6.07, 6.45) is 1.12. The molecular formula is C22H20FN3O3. The second-order valence-electron chi connectivity index (χ2n) is 7.06. The van der Waals surface area contributed by atoms with Crippen molar-refractivity contribution in [2.24, 2.45) is 0 Å². The average molecular weight is 393 g/mol. The van der Waals surface area contributed by atoms with Gasteiger partial charge in [0.15, 0.2) is 0 Å². The molecule has 2 N–H and O–H groups in total. The average Bonchev–Trinajstić information content (AvgIpc) is 3.14. The van der Waals surface area contributed by atoms with E-state index in [4.69, 9.17) is 0 Å². The number of benzene rings is 2. The second-order valence-corrected chi connectivity index (χ2v) is 7.06. The van der Waals surface area contributed by atoms with Crippen LogP contribution in [0.1, 0.15) is 17.5 Å². The smallest absolute Gasteiger partial charge is 0.251 e. The maximum absolute atomic E-state index is 13.3. The van der Waals surface area contributed by atoms with Crippen LogP contribution in [0.4, 0.5) is 10.1 Å². The van der Waals surface area contributed by atoms with E-state index in [0.717, 1.165) is 17.7 Å². The van der Waals surface area contributed by atoms with Crippen LogP contribution in [-0.4, -0.2) is 29.9 Å². The Kier molecular flexibility index (Phi) is 5.12. The molecular weight excluding hydrogens is 373 g/mol. The van der Waals surface area contributed by atoms with Crippen LogP contribution in [0.15, 0.2) is 53.3 Å². The Hall–Kier alpha value is -3.48. The van der Waals surface area contributed by atoms with Crippen molar-refractivity contribution < 1.29 is 14.0 Å². The number of pyridine rings is 1. The molecule has 6 nitrogen and oxygen atoms in total. The molecule has 2 aromatic carbocycles. The summed E-state index contributed by atoms with van der Waals surface area (Å²) in [5.41, 5.74) is 2.54. The van der Waals surface area contributed by atoms with Crippen molar-refractivity contribution in [2.45, 2.75) is 19.3 Å². The highest BCUT2D eigenvalue weighted by Crippen LogP contribution is 2.27. The minimum Gasteiger partial charge on any atom is -0.347 e. The van der Waals surface area contributed by atoms with Gasteiger partial charge in [-0.15, -0.1) is 0 Å². The zero-order valence-electron chi connectivity index (χ0n) is 15.7. The molecule has 0 bridgehead atoms. The summed E-state index contributed by atoms with van der Waals surface area (Å²) in [4.78, 5) is 41.1. The maximum atomic E-state index is 13.3. The summed E-state index contributed by atoms with van der Waals surface area (Å²) >= 11 is 0. The van der Waals surface area contributed by atoms with Crippen LogP contribution in [0.25, 0.3) is 10.9 Å². The highest BCUT2D eigenvalue weighted by Gasteiger charge is 2.24. The predicted octanol–water partition coefficient (Wildman–Crippen LogP) is 2.31. The molecule has 0 saturated heterocycles. The molecule has 2 amide bonds. The van der Waals surface area contributed by atoms with Gasteiger partial charge in [-0.25, -0.2) is 4.39 Å². The first-order valence-corrected chi connectivity index (χ1v) is 9.48. The summed E-state index contributed by atoms with van der Waals surface area (Å²) in [5, 5.41) is 3.33. The molecule has 2 heterocycles. The van der Waals surface area contributed by atoms with E-state index < -0.39 is 5.82 Å². The van der Waals surface area contributed by atoms with Crippen LogP contribution in [0.5, 0.6) is 0 Å². The molecule has 1 aromatic heterocycles. The number of hydrogen-bond acceptors (Lipinski definition) is 3. The van der Waals surface area contributed by atoms with Gasteiger partial charge in [0.1, 0.15) is 5.82 Å². The van der Waals surface area contributed by atoms with Crippen LogP contribution >= 0.6 is 0 Å². The zero-order chi connectivity index (χ0) is 20.4. The number of aromatic nitrogens is 1. The number of rotatable bonds is 5. The lowest BCUT2D eigenvalue weighted by Crippen LogP contribution is -2.39.